The van der Waals surface area contributed by atoms with Crippen LogP contribution in [0.1, 0.15) is 32.3 Å². The molecule has 164 valence electrons. The summed E-state index contributed by atoms with van der Waals surface area (Å²) in [6.45, 7) is 6.94. The molecular weight excluding hydrogens is 388 g/mol. The van der Waals surface area contributed by atoms with Gasteiger partial charge in [-0.15, -0.1) is 6.58 Å². The molecule has 1 atom stereocenters. The van der Waals surface area contributed by atoms with E-state index in [9.17, 15) is 19.8 Å². The molecule has 0 aliphatic carbocycles. The summed E-state index contributed by atoms with van der Waals surface area (Å²) in [7, 11) is 1.22. The van der Waals surface area contributed by atoms with Gasteiger partial charge in [0.2, 0.25) is 0 Å². The highest BCUT2D eigenvalue weighted by Crippen LogP contribution is 2.37. The molecule has 0 heterocycles. The molecule has 0 amide bonds. The molecule has 1 aromatic carbocycles. The van der Waals surface area contributed by atoms with Crippen molar-refractivity contribution in [3.05, 3.63) is 66.1 Å². The number of carbonyl (C=O) groups is 2. The molecule has 0 aromatic heterocycles. The van der Waals surface area contributed by atoms with E-state index in [-0.39, 0.29) is 31.6 Å². The number of hydrogen-bond donors (Lipinski definition) is 2. The van der Waals surface area contributed by atoms with Crippen molar-refractivity contribution in [2.24, 2.45) is 5.41 Å². The Morgan fingerprint density at radius 1 is 1.13 bits per heavy atom. The van der Waals surface area contributed by atoms with Crippen LogP contribution in [-0.4, -0.2) is 48.6 Å². The fraction of sp³-hybridized carbons (Fsp3) is 0.391. The lowest BCUT2D eigenvalue weighted by molar-refractivity contribution is -0.172. The summed E-state index contributed by atoms with van der Waals surface area (Å²) in [5.41, 5.74) is -1.06. The predicted molar refractivity (Wildman–Crippen MR) is 113 cm³/mol. The number of aliphatic hydroxyl groups excluding tert-OH is 2. The van der Waals surface area contributed by atoms with Gasteiger partial charge in [0.25, 0.3) is 5.95 Å². The third-order valence-electron chi connectivity index (χ3n) is 4.41. The molecule has 30 heavy (non-hydrogen) atoms. The molecule has 0 spiro atoms. The monoisotopic (exact) mass is 418 g/mol. The van der Waals surface area contributed by atoms with E-state index in [0.29, 0.717) is 0 Å². The zero-order valence-corrected chi connectivity index (χ0v) is 17.7. The first-order valence-electron chi connectivity index (χ1n) is 9.68. The van der Waals surface area contributed by atoms with Crippen LogP contribution in [0.2, 0.25) is 0 Å². The van der Waals surface area contributed by atoms with Crippen molar-refractivity contribution in [2.75, 3.05) is 20.3 Å². The normalized spacial score (nSPS) is 13.3. The molecule has 0 saturated heterocycles. The van der Waals surface area contributed by atoms with Gasteiger partial charge in [0.05, 0.1) is 20.3 Å². The number of ether oxygens (including phenoxy) is 3. The quantitative estimate of drug-likeness (QED) is 0.232. The Balaban J connectivity index is 3.39. The van der Waals surface area contributed by atoms with Gasteiger partial charge in [0, 0.05) is 12.0 Å². The summed E-state index contributed by atoms with van der Waals surface area (Å²) < 4.78 is 15.1. The minimum atomic E-state index is -1.82. The van der Waals surface area contributed by atoms with Crippen LogP contribution < -0.4 is 0 Å². The first-order valence-corrected chi connectivity index (χ1v) is 9.68. The minimum Gasteiger partial charge on any atom is -0.481 e. The van der Waals surface area contributed by atoms with Crippen LogP contribution in [0.4, 0.5) is 0 Å². The fourth-order valence-corrected chi connectivity index (χ4v) is 2.90. The van der Waals surface area contributed by atoms with Crippen molar-refractivity contribution in [2.45, 2.75) is 32.8 Å². The largest absolute Gasteiger partial charge is 0.481 e. The number of allylic oxidation sites excluding steroid dienone is 1. The van der Waals surface area contributed by atoms with Crippen LogP contribution in [0.15, 0.2) is 60.6 Å². The van der Waals surface area contributed by atoms with Crippen molar-refractivity contribution < 1.29 is 34.0 Å². The predicted octanol–water partition coefficient (Wildman–Crippen LogP) is 3.56. The van der Waals surface area contributed by atoms with Crippen LogP contribution in [0.5, 0.6) is 0 Å². The lowest BCUT2D eigenvalue weighted by Crippen LogP contribution is -2.43. The van der Waals surface area contributed by atoms with Gasteiger partial charge >= 0.3 is 11.9 Å². The summed E-state index contributed by atoms with van der Waals surface area (Å²) in [5, 5.41) is 21.0. The van der Waals surface area contributed by atoms with E-state index >= 15 is 0 Å². The molecule has 7 nitrogen and oxygen atoms in total. The number of benzene rings is 1. The SMILES string of the molecule is C=CCC(C/C(=C(/O)OC)C(O)/C=C/c1ccccc1)(C(=O)OCC)C(=O)OCC. The van der Waals surface area contributed by atoms with Crippen LogP contribution in [0.3, 0.4) is 0 Å². The molecule has 0 saturated carbocycles. The van der Waals surface area contributed by atoms with Gasteiger partial charge in [-0.05, 0) is 25.8 Å². The molecule has 0 aliphatic rings. The molecule has 0 aliphatic heterocycles. The second-order valence-corrected chi connectivity index (χ2v) is 6.44. The van der Waals surface area contributed by atoms with E-state index in [1.807, 2.05) is 30.3 Å². The highest BCUT2D eigenvalue weighted by atomic mass is 16.6. The molecule has 2 N–H and O–H groups in total. The number of hydrogen-bond acceptors (Lipinski definition) is 7. The average molecular weight is 418 g/mol. The maximum absolute atomic E-state index is 12.8. The first kappa shape index (κ1) is 25.0. The molecule has 0 radical (unpaired) electrons. The Hall–Kier alpha value is -3.06. The van der Waals surface area contributed by atoms with E-state index in [1.165, 1.54) is 19.3 Å². The molecule has 1 unspecified atom stereocenters. The van der Waals surface area contributed by atoms with E-state index < -0.39 is 29.4 Å². The first-order chi connectivity index (χ1) is 14.4. The molecule has 0 fully saturated rings. The Morgan fingerprint density at radius 3 is 2.17 bits per heavy atom. The summed E-state index contributed by atoms with van der Waals surface area (Å²) in [4.78, 5) is 25.6. The maximum atomic E-state index is 12.8. The number of methoxy groups -OCH3 is 1. The van der Waals surface area contributed by atoms with Gasteiger partial charge in [-0.2, -0.15) is 0 Å². The summed E-state index contributed by atoms with van der Waals surface area (Å²) in [6, 6.07) is 9.21. The molecule has 1 rings (SSSR count). The molecule has 7 heteroatoms. The van der Waals surface area contributed by atoms with E-state index in [4.69, 9.17) is 14.2 Å². The number of esters is 2. The summed E-state index contributed by atoms with van der Waals surface area (Å²) in [6.07, 6.45) is 2.64. The Bertz CT molecular complexity index is 747. The Labute approximate surface area is 177 Å². The van der Waals surface area contributed by atoms with Crippen molar-refractivity contribution in [1.82, 2.24) is 0 Å². The maximum Gasteiger partial charge on any atom is 0.324 e. The third-order valence-corrected chi connectivity index (χ3v) is 4.41. The highest BCUT2D eigenvalue weighted by Gasteiger charge is 2.49. The smallest absolute Gasteiger partial charge is 0.324 e. The van der Waals surface area contributed by atoms with Crippen molar-refractivity contribution >= 4 is 18.0 Å². The second-order valence-electron chi connectivity index (χ2n) is 6.44. The van der Waals surface area contributed by atoms with Gasteiger partial charge in [-0.1, -0.05) is 48.6 Å². The Kier molecular flexibility index (Phi) is 10.4. The highest BCUT2D eigenvalue weighted by molar-refractivity contribution is 6.00. The molecule has 1 aromatic rings. The minimum absolute atomic E-state index is 0.0445. The molecular formula is C23H30O7. The average Bonchev–Trinajstić information content (AvgIpc) is 2.75. The van der Waals surface area contributed by atoms with Gasteiger partial charge in [0.15, 0.2) is 5.41 Å². The van der Waals surface area contributed by atoms with Crippen LogP contribution >= 0.6 is 0 Å². The van der Waals surface area contributed by atoms with E-state index in [2.05, 4.69) is 6.58 Å². The van der Waals surface area contributed by atoms with Gasteiger partial charge in [-0.3, -0.25) is 9.59 Å². The van der Waals surface area contributed by atoms with Gasteiger partial charge in [0.1, 0.15) is 6.10 Å². The van der Waals surface area contributed by atoms with Gasteiger partial charge in [-0.25, -0.2) is 0 Å². The zero-order valence-electron chi connectivity index (χ0n) is 17.7. The van der Waals surface area contributed by atoms with E-state index in [0.717, 1.165) is 5.56 Å². The van der Waals surface area contributed by atoms with Crippen LogP contribution in [-0.2, 0) is 23.8 Å². The number of aliphatic hydroxyl groups is 2. The lowest BCUT2D eigenvalue weighted by Gasteiger charge is -2.30. The zero-order chi connectivity index (χ0) is 22.6. The van der Waals surface area contributed by atoms with Crippen LogP contribution in [0, 0.1) is 5.41 Å². The number of rotatable bonds is 12. The second kappa shape index (κ2) is 12.5. The van der Waals surface area contributed by atoms with Crippen molar-refractivity contribution in [3.8, 4) is 0 Å². The van der Waals surface area contributed by atoms with Gasteiger partial charge < -0.3 is 24.4 Å². The topological polar surface area (TPSA) is 102 Å². The van der Waals surface area contributed by atoms with Crippen LogP contribution in [0.25, 0.3) is 6.08 Å². The third kappa shape index (κ3) is 6.49. The fourth-order valence-electron chi connectivity index (χ4n) is 2.90. The van der Waals surface area contributed by atoms with E-state index in [1.54, 1.807) is 19.9 Å². The lowest BCUT2D eigenvalue weighted by atomic mass is 9.77. The van der Waals surface area contributed by atoms with Crippen molar-refractivity contribution in [3.63, 3.8) is 0 Å². The summed E-state index contributed by atoms with van der Waals surface area (Å²) >= 11 is 0. The standard InChI is InChI=1S/C23H30O7/c1-5-15-23(21(26)29-6-2,22(27)30-7-3)16-18(20(25)28-4)19(24)14-13-17-11-9-8-10-12-17/h5,8-14,19,24-25H,1,6-7,15-16H2,2-4H3/b14-13+,20-18+. The Morgan fingerprint density at radius 2 is 1.70 bits per heavy atom. The molecule has 0 bridgehead atoms. The summed E-state index contributed by atoms with van der Waals surface area (Å²) in [5.74, 6) is -2.25. The van der Waals surface area contributed by atoms with Crippen molar-refractivity contribution in [1.29, 1.82) is 0 Å². The number of carbonyl (C=O) groups excluding carboxylic acids is 2.